The molecule has 2 heterocycles. The van der Waals surface area contributed by atoms with E-state index in [1.54, 1.807) is 13.3 Å². The third kappa shape index (κ3) is 5.17. The maximum Gasteiger partial charge on any atom is 0.227 e. The number of nitrogens with zero attached hydrogens (tertiary/aromatic N) is 5. The molecule has 2 aromatic heterocycles. The van der Waals surface area contributed by atoms with E-state index in [2.05, 4.69) is 83.1 Å². The topological polar surface area (TPSA) is 84.5 Å². The number of ether oxygens (including phenoxy) is 1. The van der Waals surface area contributed by atoms with Gasteiger partial charge in [-0.05, 0) is 46.1 Å². The first-order valence-corrected chi connectivity index (χ1v) is 11.8. The van der Waals surface area contributed by atoms with Crippen molar-refractivity contribution >= 4 is 33.9 Å². The van der Waals surface area contributed by atoms with E-state index in [9.17, 15) is 0 Å². The summed E-state index contributed by atoms with van der Waals surface area (Å²) < 4.78 is 7.95. The van der Waals surface area contributed by atoms with Crippen molar-refractivity contribution in [2.45, 2.75) is 19.9 Å². The number of rotatable bonds is 9. The van der Waals surface area contributed by atoms with E-state index in [4.69, 9.17) is 15.5 Å². The summed E-state index contributed by atoms with van der Waals surface area (Å²) in [5, 5.41) is 4.47. The number of aromatic nitrogens is 3. The maximum atomic E-state index is 6.43. The van der Waals surface area contributed by atoms with Crippen LogP contribution in [0.15, 0.2) is 54.9 Å². The van der Waals surface area contributed by atoms with Crippen molar-refractivity contribution < 1.29 is 4.74 Å². The van der Waals surface area contributed by atoms with Gasteiger partial charge in [0.05, 0.1) is 29.9 Å². The average Bonchev–Trinajstić information content (AvgIpc) is 3.23. The molecule has 0 unspecified atom stereocenters. The number of nitrogens with one attached hydrogen (secondary N) is 1. The summed E-state index contributed by atoms with van der Waals surface area (Å²) in [6, 6.07) is 14.5. The van der Waals surface area contributed by atoms with Crippen LogP contribution in [0.25, 0.3) is 22.2 Å². The summed E-state index contributed by atoms with van der Waals surface area (Å²) in [6.45, 7) is 6.14. The largest absolute Gasteiger partial charge is 0.494 e. The van der Waals surface area contributed by atoms with E-state index in [1.165, 1.54) is 5.52 Å². The van der Waals surface area contributed by atoms with Gasteiger partial charge in [0.15, 0.2) is 0 Å². The van der Waals surface area contributed by atoms with Gasteiger partial charge in [0.25, 0.3) is 0 Å². The van der Waals surface area contributed by atoms with Crippen molar-refractivity contribution in [3.63, 3.8) is 0 Å². The fraction of sp³-hybridized carbons (Fsp3) is 0.333. The van der Waals surface area contributed by atoms with Gasteiger partial charge < -0.3 is 30.2 Å². The van der Waals surface area contributed by atoms with Crippen LogP contribution in [-0.2, 0) is 0 Å². The van der Waals surface area contributed by atoms with E-state index >= 15 is 0 Å². The van der Waals surface area contributed by atoms with Gasteiger partial charge in [-0.3, -0.25) is 0 Å². The van der Waals surface area contributed by atoms with Crippen LogP contribution in [0.4, 0.5) is 23.0 Å². The average molecular weight is 474 g/mol. The molecule has 3 N–H and O–H groups in total. The number of likely N-dealkylation sites (N-methyl/N-ethyl adjacent to an activating group) is 2. The Hall–Kier alpha value is -3.78. The number of fused-ring (bicyclic) bond motifs is 1. The van der Waals surface area contributed by atoms with Gasteiger partial charge in [0, 0.05) is 61.1 Å². The zero-order valence-corrected chi connectivity index (χ0v) is 21.4. The molecular weight excluding hydrogens is 438 g/mol. The molecule has 0 atom stereocenters. The Bertz CT molecular complexity index is 1310. The molecule has 4 aromatic rings. The van der Waals surface area contributed by atoms with Crippen molar-refractivity contribution in [3.8, 4) is 17.0 Å². The normalized spacial score (nSPS) is 11.4. The highest BCUT2D eigenvalue weighted by Gasteiger charge is 2.16. The molecule has 2 aromatic carbocycles. The molecule has 0 bridgehead atoms. The Morgan fingerprint density at radius 3 is 2.57 bits per heavy atom. The third-order valence-electron chi connectivity index (χ3n) is 6.12. The van der Waals surface area contributed by atoms with Gasteiger partial charge in [0.2, 0.25) is 5.95 Å². The lowest BCUT2D eigenvalue weighted by atomic mass is 10.1. The number of methoxy groups -OCH3 is 1. The van der Waals surface area contributed by atoms with Crippen LogP contribution >= 0.6 is 0 Å². The smallest absolute Gasteiger partial charge is 0.227 e. The van der Waals surface area contributed by atoms with Gasteiger partial charge >= 0.3 is 0 Å². The number of anilines is 4. The summed E-state index contributed by atoms with van der Waals surface area (Å²) in [5.74, 6) is 1.16. The standard InChI is InChI=1S/C27H35N7O/c1-18(2)34-17-20(19-9-7-8-10-24(19)34)22-11-12-29-27(30-22)31-23-15-21(28)25(16-26(23)35-6)33(5)14-13-32(3)4/h7-12,15-18H,13-14,28H2,1-6H3,(H,29,30,31). The Kier molecular flexibility index (Phi) is 7.12. The highest BCUT2D eigenvalue weighted by Crippen LogP contribution is 2.37. The molecule has 0 saturated heterocycles. The predicted molar refractivity (Wildman–Crippen MR) is 146 cm³/mol. The highest BCUT2D eigenvalue weighted by molar-refractivity contribution is 5.95. The molecule has 184 valence electrons. The lowest BCUT2D eigenvalue weighted by molar-refractivity contribution is 0.413. The van der Waals surface area contributed by atoms with Crippen molar-refractivity contribution in [3.05, 3.63) is 54.9 Å². The molecule has 0 saturated carbocycles. The van der Waals surface area contributed by atoms with E-state index in [0.717, 1.165) is 41.1 Å². The number of nitrogens with two attached hydrogens (primary N) is 1. The molecule has 35 heavy (non-hydrogen) atoms. The Morgan fingerprint density at radius 1 is 1.09 bits per heavy atom. The molecule has 0 fully saturated rings. The first-order chi connectivity index (χ1) is 16.8. The molecule has 8 heteroatoms. The summed E-state index contributed by atoms with van der Waals surface area (Å²) in [7, 11) is 7.79. The minimum Gasteiger partial charge on any atom is -0.494 e. The number of hydrogen-bond acceptors (Lipinski definition) is 7. The summed E-state index contributed by atoms with van der Waals surface area (Å²) in [4.78, 5) is 13.5. The molecular formula is C27H35N7O. The predicted octanol–water partition coefficient (Wildman–Crippen LogP) is 5.01. The van der Waals surface area contributed by atoms with Crippen LogP contribution in [-0.4, -0.2) is 60.8 Å². The van der Waals surface area contributed by atoms with E-state index in [-0.39, 0.29) is 0 Å². The Balaban J connectivity index is 1.66. The van der Waals surface area contributed by atoms with Gasteiger partial charge in [0.1, 0.15) is 5.75 Å². The molecule has 0 radical (unpaired) electrons. The van der Waals surface area contributed by atoms with E-state index in [0.29, 0.717) is 23.4 Å². The van der Waals surface area contributed by atoms with Crippen LogP contribution in [0.3, 0.4) is 0 Å². The molecule has 0 aliphatic rings. The fourth-order valence-electron chi connectivity index (χ4n) is 4.18. The third-order valence-corrected chi connectivity index (χ3v) is 6.12. The van der Waals surface area contributed by atoms with Gasteiger partial charge in [-0.25, -0.2) is 9.97 Å². The van der Waals surface area contributed by atoms with E-state index in [1.807, 2.05) is 25.2 Å². The molecule has 0 aliphatic heterocycles. The second-order valence-corrected chi connectivity index (χ2v) is 9.29. The van der Waals surface area contributed by atoms with Crippen LogP contribution < -0.4 is 20.7 Å². The lowest BCUT2D eigenvalue weighted by Crippen LogP contribution is -2.29. The van der Waals surface area contributed by atoms with Gasteiger partial charge in [-0.2, -0.15) is 0 Å². The maximum absolute atomic E-state index is 6.43. The van der Waals surface area contributed by atoms with Crippen molar-refractivity contribution in [1.29, 1.82) is 0 Å². The highest BCUT2D eigenvalue weighted by atomic mass is 16.5. The SMILES string of the molecule is COc1cc(N(C)CCN(C)C)c(N)cc1Nc1nccc(-c2cn(C(C)C)c3ccccc23)n1. The van der Waals surface area contributed by atoms with Crippen LogP contribution in [0, 0.1) is 0 Å². The van der Waals surface area contributed by atoms with Crippen molar-refractivity contribution in [2.24, 2.45) is 0 Å². The van der Waals surface area contributed by atoms with Crippen molar-refractivity contribution in [2.75, 3.05) is 57.3 Å². The number of benzene rings is 2. The first kappa shape index (κ1) is 24.3. The zero-order valence-electron chi connectivity index (χ0n) is 21.4. The van der Waals surface area contributed by atoms with Crippen LogP contribution in [0.1, 0.15) is 19.9 Å². The van der Waals surface area contributed by atoms with E-state index < -0.39 is 0 Å². The Morgan fingerprint density at radius 2 is 1.86 bits per heavy atom. The molecule has 8 nitrogen and oxygen atoms in total. The van der Waals surface area contributed by atoms with Crippen molar-refractivity contribution in [1.82, 2.24) is 19.4 Å². The summed E-state index contributed by atoms with van der Waals surface area (Å²) in [6.07, 6.45) is 3.93. The summed E-state index contributed by atoms with van der Waals surface area (Å²) in [5.41, 5.74) is 11.8. The van der Waals surface area contributed by atoms with Gasteiger partial charge in [-0.1, -0.05) is 18.2 Å². The fourth-order valence-corrected chi connectivity index (χ4v) is 4.18. The van der Waals surface area contributed by atoms with Gasteiger partial charge in [-0.15, -0.1) is 0 Å². The first-order valence-electron chi connectivity index (χ1n) is 11.8. The lowest BCUT2D eigenvalue weighted by Gasteiger charge is -2.24. The van der Waals surface area contributed by atoms with Crippen LogP contribution in [0.5, 0.6) is 5.75 Å². The minimum absolute atomic E-state index is 0.342. The monoisotopic (exact) mass is 473 g/mol. The molecule has 0 amide bonds. The second-order valence-electron chi connectivity index (χ2n) is 9.29. The quantitative estimate of drug-likeness (QED) is 0.331. The number of hydrogen-bond donors (Lipinski definition) is 2. The van der Waals surface area contributed by atoms with Crippen LogP contribution in [0.2, 0.25) is 0 Å². The number of nitrogen functional groups attached to an aromatic ring is 1. The minimum atomic E-state index is 0.342. The molecule has 0 aliphatic carbocycles. The molecule has 0 spiro atoms. The Labute approximate surface area is 207 Å². The second kappa shape index (κ2) is 10.2. The summed E-state index contributed by atoms with van der Waals surface area (Å²) >= 11 is 0. The number of para-hydroxylation sites is 1. The molecule has 4 rings (SSSR count). The zero-order chi connectivity index (χ0) is 25.1.